The minimum atomic E-state index is -0.720. The van der Waals surface area contributed by atoms with E-state index in [1.807, 2.05) is 13.8 Å². The Morgan fingerprint density at radius 2 is 2.00 bits per heavy atom. The minimum absolute atomic E-state index is 0.209. The van der Waals surface area contributed by atoms with E-state index in [-0.39, 0.29) is 5.97 Å². The zero-order chi connectivity index (χ0) is 14.4. The van der Waals surface area contributed by atoms with Crippen LogP contribution in [0.2, 0.25) is 0 Å². The highest BCUT2D eigenvalue weighted by atomic mass is 16.5. The molecule has 20 heavy (non-hydrogen) atoms. The molecule has 0 amide bonds. The van der Waals surface area contributed by atoms with Gasteiger partial charge in [0.15, 0.2) is 0 Å². The first-order chi connectivity index (χ1) is 9.64. The van der Waals surface area contributed by atoms with E-state index in [1.54, 1.807) is 0 Å². The summed E-state index contributed by atoms with van der Waals surface area (Å²) >= 11 is 0. The van der Waals surface area contributed by atoms with Gasteiger partial charge in [0.05, 0.1) is 13.2 Å². The van der Waals surface area contributed by atoms with Crippen LogP contribution in [-0.4, -0.2) is 50.6 Å². The Morgan fingerprint density at radius 3 is 2.60 bits per heavy atom. The Kier molecular flexibility index (Phi) is 5.81. The molecule has 0 aromatic rings. The summed E-state index contributed by atoms with van der Waals surface area (Å²) in [5.74, 6) is 0.343. The monoisotopic (exact) mass is 285 g/mol. The van der Waals surface area contributed by atoms with E-state index in [9.17, 15) is 4.79 Å². The van der Waals surface area contributed by atoms with Crippen LogP contribution >= 0.6 is 0 Å². The standard InChI is InChI=1S/C15H27NO4/c1-3-20-14(17)15(2,16-13-4-5-13)11-19-10-12-6-8-18-9-7-12/h12-13,16H,3-11H2,1-2H3. The molecule has 0 spiro atoms. The fourth-order valence-electron chi connectivity index (χ4n) is 2.47. The van der Waals surface area contributed by atoms with Gasteiger partial charge >= 0.3 is 5.97 Å². The van der Waals surface area contributed by atoms with Gasteiger partial charge in [-0.25, -0.2) is 4.79 Å². The van der Waals surface area contributed by atoms with Gasteiger partial charge in [-0.1, -0.05) is 0 Å². The van der Waals surface area contributed by atoms with E-state index in [2.05, 4.69) is 5.32 Å². The van der Waals surface area contributed by atoms with Gasteiger partial charge in [0, 0.05) is 25.9 Å². The van der Waals surface area contributed by atoms with Crippen molar-refractivity contribution < 1.29 is 19.0 Å². The van der Waals surface area contributed by atoms with Gasteiger partial charge in [-0.05, 0) is 45.4 Å². The van der Waals surface area contributed by atoms with Crippen molar-refractivity contribution in [3.05, 3.63) is 0 Å². The molecule has 2 rings (SSSR count). The number of esters is 1. The Morgan fingerprint density at radius 1 is 1.30 bits per heavy atom. The molecule has 5 nitrogen and oxygen atoms in total. The lowest BCUT2D eigenvalue weighted by Gasteiger charge is -2.30. The fraction of sp³-hybridized carbons (Fsp3) is 0.933. The Bertz CT molecular complexity index is 313. The SMILES string of the molecule is CCOC(=O)C(C)(COCC1CCOCC1)NC1CC1. The summed E-state index contributed by atoms with van der Waals surface area (Å²) in [5, 5.41) is 3.37. The van der Waals surface area contributed by atoms with Crippen LogP contribution in [-0.2, 0) is 19.0 Å². The van der Waals surface area contributed by atoms with Gasteiger partial charge in [0.25, 0.3) is 0 Å². The van der Waals surface area contributed by atoms with Gasteiger partial charge in [-0.3, -0.25) is 5.32 Å². The van der Waals surface area contributed by atoms with Crippen LogP contribution in [0.15, 0.2) is 0 Å². The predicted molar refractivity (Wildman–Crippen MR) is 75.6 cm³/mol. The van der Waals surface area contributed by atoms with Crippen LogP contribution in [0.1, 0.15) is 39.5 Å². The van der Waals surface area contributed by atoms with E-state index in [0.29, 0.717) is 31.8 Å². The third-order valence-electron chi connectivity index (χ3n) is 3.91. The van der Waals surface area contributed by atoms with Crippen molar-refractivity contribution in [2.45, 2.75) is 51.1 Å². The quantitative estimate of drug-likeness (QED) is 0.685. The van der Waals surface area contributed by atoms with Crippen molar-refractivity contribution in [2.24, 2.45) is 5.92 Å². The van der Waals surface area contributed by atoms with Gasteiger partial charge in [0.1, 0.15) is 5.54 Å². The lowest BCUT2D eigenvalue weighted by Crippen LogP contribution is -2.55. The van der Waals surface area contributed by atoms with Crippen LogP contribution in [0.3, 0.4) is 0 Å². The van der Waals surface area contributed by atoms with E-state index in [1.165, 1.54) is 0 Å². The zero-order valence-electron chi connectivity index (χ0n) is 12.7. The van der Waals surface area contributed by atoms with Gasteiger partial charge < -0.3 is 14.2 Å². The van der Waals surface area contributed by atoms with E-state index in [0.717, 1.165) is 38.9 Å². The second kappa shape index (κ2) is 7.38. The first-order valence-electron chi connectivity index (χ1n) is 7.74. The number of hydrogen-bond donors (Lipinski definition) is 1. The number of carbonyl (C=O) groups is 1. The predicted octanol–water partition coefficient (Wildman–Crippen LogP) is 1.50. The van der Waals surface area contributed by atoms with Crippen molar-refractivity contribution in [3.63, 3.8) is 0 Å². The molecule has 0 radical (unpaired) electrons. The van der Waals surface area contributed by atoms with E-state index < -0.39 is 5.54 Å². The van der Waals surface area contributed by atoms with Crippen LogP contribution in [0.25, 0.3) is 0 Å². The fourth-order valence-corrected chi connectivity index (χ4v) is 2.47. The second-order valence-corrected chi connectivity index (χ2v) is 6.04. The van der Waals surface area contributed by atoms with E-state index >= 15 is 0 Å². The largest absolute Gasteiger partial charge is 0.465 e. The first kappa shape index (κ1) is 15.7. The summed E-state index contributed by atoms with van der Waals surface area (Å²) in [7, 11) is 0. The molecule has 0 bridgehead atoms. The van der Waals surface area contributed by atoms with Crippen molar-refractivity contribution in [3.8, 4) is 0 Å². The maximum atomic E-state index is 12.1. The van der Waals surface area contributed by atoms with Gasteiger partial charge in [-0.15, -0.1) is 0 Å². The molecule has 1 saturated carbocycles. The van der Waals surface area contributed by atoms with Gasteiger partial charge in [-0.2, -0.15) is 0 Å². The average molecular weight is 285 g/mol. The lowest BCUT2D eigenvalue weighted by atomic mass is 10.0. The number of carbonyl (C=O) groups excluding carboxylic acids is 1. The molecular formula is C15H27NO4. The molecule has 0 aromatic carbocycles. The number of ether oxygens (including phenoxy) is 3. The maximum absolute atomic E-state index is 12.1. The van der Waals surface area contributed by atoms with Gasteiger partial charge in [0.2, 0.25) is 0 Å². The number of rotatable bonds is 8. The lowest BCUT2D eigenvalue weighted by molar-refractivity contribution is -0.153. The Hall–Kier alpha value is -0.650. The second-order valence-electron chi connectivity index (χ2n) is 6.04. The topological polar surface area (TPSA) is 56.8 Å². The van der Waals surface area contributed by atoms with Crippen LogP contribution < -0.4 is 5.32 Å². The maximum Gasteiger partial charge on any atom is 0.328 e. The molecule has 1 unspecified atom stereocenters. The van der Waals surface area contributed by atoms with Crippen molar-refractivity contribution in [2.75, 3.05) is 33.0 Å². The van der Waals surface area contributed by atoms with Crippen LogP contribution in [0.5, 0.6) is 0 Å². The highest BCUT2D eigenvalue weighted by Crippen LogP contribution is 2.24. The Labute approximate surface area is 121 Å². The highest BCUT2D eigenvalue weighted by molar-refractivity contribution is 5.80. The zero-order valence-corrected chi connectivity index (χ0v) is 12.7. The molecule has 2 aliphatic rings. The molecule has 116 valence electrons. The first-order valence-corrected chi connectivity index (χ1v) is 7.74. The summed E-state index contributed by atoms with van der Waals surface area (Å²) in [5.41, 5.74) is -0.720. The van der Waals surface area contributed by atoms with Crippen molar-refractivity contribution >= 4 is 5.97 Å². The molecule has 1 N–H and O–H groups in total. The molecule has 0 aromatic heterocycles. The number of hydrogen-bond acceptors (Lipinski definition) is 5. The number of nitrogens with one attached hydrogen (secondary N) is 1. The molecule has 1 saturated heterocycles. The van der Waals surface area contributed by atoms with Crippen LogP contribution in [0, 0.1) is 5.92 Å². The molecule has 1 aliphatic heterocycles. The van der Waals surface area contributed by atoms with Crippen molar-refractivity contribution in [1.29, 1.82) is 0 Å². The molecule has 5 heteroatoms. The molecular weight excluding hydrogens is 258 g/mol. The normalized spacial score (nSPS) is 23.3. The van der Waals surface area contributed by atoms with E-state index in [4.69, 9.17) is 14.2 Å². The highest BCUT2D eigenvalue weighted by Gasteiger charge is 2.40. The minimum Gasteiger partial charge on any atom is -0.465 e. The summed E-state index contributed by atoms with van der Waals surface area (Å²) in [6.45, 7) is 6.84. The van der Waals surface area contributed by atoms with Crippen LogP contribution in [0.4, 0.5) is 0 Å². The molecule has 1 atom stereocenters. The Balaban J connectivity index is 1.78. The average Bonchev–Trinajstić information content (AvgIpc) is 3.24. The van der Waals surface area contributed by atoms with Crippen molar-refractivity contribution in [1.82, 2.24) is 5.32 Å². The molecule has 1 aliphatic carbocycles. The third kappa shape index (κ3) is 4.72. The summed E-state index contributed by atoms with van der Waals surface area (Å²) in [6, 6.07) is 0.441. The molecule has 1 heterocycles. The molecule has 2 fully saturated rings. The summed E-state index contributed by atoms with van der Waals surface area (Å²) < 4.78 is 16.3. The summed E-state index contributed by atoms with van der Waals surface area (Å²) in [6.07, 6.45) is 4.36. The smallest absolute Gasteiger partial charge is 0.328 e. The summed E-state index contributed by atoms with van der Waals surface area (Å²) in [4.78, 5) is 12.1. The third-order valence-corrected chi connectivity index (χ3v) is 3.91.